The summed E-state index contributed by atoms with van der Waals surface area (Å²) < 4.78 is 0. The van der Waals surface area contributed by atoms with E-state index in [2.05, 4.69) is 34.8 Å². The molecule has 3 aromatic carbocycles. The van der Waals surface area contributed by atoms with E-state index in [1.165, 1.54) is 27.8 Å². The molecule has 1 amide bonds. The van der Waals surface area contributed by atoms with E-state index in [0.717, 1.165) is 26.1 Å². The van der Waals surface area contributed by atoms with Crippen LogP contribution in [-0.4, -0.2) is 18.7 Å². The molecule has 1 heterocycles. The van der Waals surface area contributed by atoms with Crippen molar-refractivity contribution in [1.82, 2.24) is 5.43 Å². The zero-order chi connectivity index (χ0) is 20.9. The van der Waals surface area contributed by atoms with Gasteiger partial charge in [0.15, 0.2) is 0 Å². The topological polar surface area (TPSA) is 45.9 Å². The lowest BCUT2D eigenvalue weighted by Gasteiger charge is -2.26. The van der Waals surface area contributed by atoms with E-state index >= 15 is 0 Å². The van der Waals surface area contributed by atoms with Gasteiger partial charge in [0.2, 0.25) is 0 Å². The van der Waals surface area contributed by atoms with Crippen molar-refractivity contribution in [2.45, 2.75) is 19.5 Å². The van der Waals surface area contributed by atoms with Crippen molar-refractivity contribution >= 4 is 35.3 Å². The molecule has 1 unspecified atom stereocenters. The standard InChI is InChI=1S/C24H21Cl2N3O/c25-22-10-9-20(23(26)13-22)14-27-28-24(30)19-7-5-17(6-8-19)15-29-12-11-18-3-1-2-4-21(18)16-29/h1-10,13-14H,11-12,15-16H2,(H,28,30)/p+1. The molecule has 1 aliphatic heterocycles. The van der Waals surface area contributed by atoms with E-state index in [0.29, 0.717) is 21.2 Å². The molecular formula is C24H22Cl2N3O+. The summed E-state index contributed by atoms with van der Waals surface area (Å²) in [4.78, 5) is 13.9. The number of rotatable bonds is 5. The Labute approximate surface area is 186 Å². The van der Waals surface area contributed by atoms with Crippen molar-refractivity contribution in [2.24, 2.45) is 5.10 Å². The Balaban J connectivity index is 1.33. The summed E-state index contributed by atoms with van der Waals surface area (Å²) in [5, 5.41) is 5.02. The number of benzene rings is 3. The van der Waals surface area contributed by atoms with Crippen LogP contribution in [0.1, 0.15) is 32.6 Å². The van der Waals surface area contributed by atoms with Crippen LogP contribution in [0.4, 0.5) is 0 Å². The number of hydrazone groups is 1. The van der Waals surface area contributed by atoms with Gasteiger partial charge >= 0.3 is 0 Å². The van der Waals surface area contributed by atoms with E-state index in [9.17, 15) is 4.79 Å². The van der Waals surface area contributed by atoms with Gasteiger partial charge in [-0.25, -0.2) is 5.43 Å². The minimum atomic E-state index is -0.262. The highest BCUT2D eigenvalue weighted by atomic mass is 35.5. The van der Waals surface area contributed by atoms with Crippen molar-refractivity contribution < 1.29 is 9.69 Å². The molecule has 152 valence electrons. The number of carbonyl (C=O) groups is 1. The maximum Gasteiger partial charge on any atom is 0.271 e. The average Bonchev–Trinajstić information content (AvgIpc) is 2.75. The van der Waals surface area contributed by atoms with Gasteiger partial charge in [-0.3, -0.25) is 4.79 Å². The largest absolute Gasteiger partial charge is 0.327 e. The van der Waals surface area contributed by atoms with Gasteiger partial charge in [0, 0.05) is 33.7 Å². The molecule has 0 saturated carbocycles. The van der Waals surface area contributed by atoms with Crippen LogP contribution in [0.15, 0.2) is 71.8 Å². The summed E-state index contributed by atoms with van der Waals surface area (Å²) in [5.74, 6) is -0.262. The summed E-state index contributed by atoms with van der Waals surface area (Å²) >= 11 is 12.0. The van der Waals surface area contributed by atoms with Gasteiger partial charge in [-0.05, 0) is 29.8 Å². The van der Waals surface area contributed by atoms with E-state index in [1.54, 1.807) is 18.2 Å². The Bertz CT molecular complexity index is 1080. The number of quaternary nitrogens is 1. The highest BCUT2D eigenvalue weighted by molar-refractivity contribution is 6.36. The van der Waals surface area contributed by atoms with Gasteiger partial charge in [0.25, 0.3) is 5.91 Å². The number of hydrogen-bond donors (Lipinski definition) is 2. The van der Waals surface area contributed by atoms with Crippen LogP contribution in [0.25, 0.3) is 0 Å². The monoisotopic (exact) mass is 438 g/mol. The van der Waals surface area contributed by atoms with Gasteiger partial charge in [-0.2, -0.15) is 5.10 Å². The maximum atomic E-state index is 12.3. The van der Waals surface area contributed by atoms with Crippen LogP contribution in [0, 0.1) is 0 Å². The number of nitrogens with zero attached hydrogens (tertiary/aromatic N) is 1. The molecule has 0 aromatic heterocycles. The van der Waals surface area contributed by atoms with Gasteiger partial charge in [0.1, 0.15) is 13.1 Å². The third-order valence-electron chi connectivity index (χ3n) is 5.31. The van der Waals surface area contributed by atoms with E-state index in [-0.39, 0.29) is 5.91 Å². The number of amides is 1. The lowest BCUT2D eigenvalue weighted by Crippen LogP contribution is -3.10. The fraction of sp³-hybridized carbons (Fsp3) is 0.167. The Morgan fingerprint density at radius 1 is 1.03 bits per heavy atom. The smallest absolute Gasteiger partial charge is 0.271 e. The molecule has 0 aliphatic carbocycles. The van der Waals surface area contributed by atoms with Crippen molar-refractivity contribution in [3.63, 3.8) is 0 Å². The van der Waals surface area contributed by atoms with Crippen LogP contribution in [-0.2, 0) is 19.5 Å². The third-order valence-corrected chi connectivity index (χ3v) is 5.87. The second kappa shape index (κ2) is 9.43. The molecule has 0 bridgehead atoms. The quantitative estimate of drug-likeness (QED) is 0.460. The van der Waals surface area contributed by atoms with E-state index in [1.807, 2.05) is 24.3 Å². The molecule has 4 rings (SSSR count). The molecule has 0 fully saturated rings. The minimum Gasteiger partial charge on any atom is -0.327 e. The Hall–Kier alpha value is -2.66. The molecule has 1 atom stereocenters. The van der Waals surface area contributed by atoms with Crippen LogP contribution in [0.5, 0.6) is 0 Å². The number of halogens is 2. The number of carbonyl (C=O) groups excluding carboxylic acids is 1. The lowest BCUT2D eigenvalue weighted by atomic mass is 9.99. The normalized spacial score (nSPS) is 15.7. The van der Waals surface area contributed by atoms with Crippen LogP contribution >= 0.6 is 23.2 Å². The highest BCUT2D eigenvalue weighted by Gasteiger charge is 2.19. The van der Waals surface area contributed by atoms with Crippen LogP contribution < -0.4 is 10.3 Å². The average molecular weight is 439 g/mol. The highest BCUT2D eigenvalue weighted by Crippen LogP contribution is 2.19. The van der Waals surface area contributed by atoms with Crippen LogP contribution in [0.2, 0.25) is 10.0 Å². The number of fused-ring (bicyclic) bond motifs is 1. The number of nitrogens with one attached hydrogen (secondary N) is 2. The zero-order valence-electron chi connectivity index (χ0n) is 16.4. The van der Waals surface area contributed by atoms with Crippen molar-refractivity contribution in [2.75, 3.05) is 6.54 Å². The summed E-state index contributed by atoms with van der Waals surface area (Å²) in [6, 6.07) is 21.5. The molecule has 0 radical (unpaired) electrons. The SMILES string of the molecule is O=C(NN=Cc1ccc(Cl)cc1Cl)c1ccc(C[NH+]2CCc3ccccc3C2)cc1. The molecule has 1 aliphatic rings. The van der Waals surface area contributed by atoms with Gasteiger partial charge in [-0.1, -0.05) is 65.7 Å². The minimum absolute atomic E-state index is 0.262. The molecule has 30 heavy (non-hydrogen) atoms. The fourth-order valence-electron chi connectivity index (χ4n) is 3.69. The molecular weight excluding hydrogens is 417 g/mol. The lowest BCUT2D eigenvalue weighted by molar-refractivity contribution is -0.929. The van der Waals surface area contributed by atoms with Crippen molar-refractivity contribution in [3.05, 3.63) is 105 Å². The Morgan fingerprint density at radius 2 is 1.80 bits per heavy atom. The summed E-state index contributed by atoms with van der Waals surface area (Å²) in [6.07, 6.45) is 2.62. The predicted octanol–water partition coefficient (Wildman–Crippen LogP) is 3.90. The first-order chi connectivity index (χ1) is 14.6. The molecule has 2 N–H and O–H groups in total. The first kappa shape index (κ1) is 20.6. The molecule has 3 aromatic rings. The Kier molecular flexibility index (Phi) is 6.48. The third kappa shape index (κ3) is 5.08. The van der Waals surface area contributed by atoms with Gasteiger partial charge < -0.3 is 4.90 Å². The predicted molar refractivity (Wildman–Crippen MR) is 121 cm³/mol. The van der Waals surface area contributed by atoms with Crippen LogP contribution in [0.3, 0.4) is 0 Å². The molecule has 6 heteroatoms. The molecule has 0 spiro atoms. The van der Waals surface area contributed by atoms with Gasteiger partial charge in [0.05, 0.1) is 17.8 Å². The molecule has 4 nitrogen and oxygen atoms in total. The van der Waals surface area contributed by atoms with Crippen molar-refractivity contribution in [1.29, 1.82) is 0 Å². The first-order valence-corrected chi connectivity index (χ1v) is 10.6. The van der Waals surface area contributed by atoms with Crippen molar-refractivity contribution in [3.8, 4) is 0 Å². The maximum absolute atomic E-state index is 12.3. The second-order valence-electron chi connectivity index (χ2n) is 7.43. The fourth-order valence-corrected chi connectivity index (χ4v) is 4.15. The zero-order valence-corrected chi connectivity index (χ0v) is 17.9. The Morgan fingerprint density at radius 3 is 2.57 bits per heavy atom. The van der Waals surface area contributed by atoms with E-state index < -0.39 is 0 Å². The summed E-state index contributed by atoms with van der Waals surface area (Å²) in [7, 11) is 0. The summed E-state index contributed by atoms with van der Waals surface area (Å²) in [5.41, 5.74) is 7.91. The molecule has 0 saturated heterocycles. The second-order valence-corrected chi connectivity index (χ2v) is 8.28. The van der Waals surface area contributed by atoms with E-state index in [4.69, 9.17) is 23.2 Å². The first-order valence-electron chi connectivity index (χ1n) is 9.86. The van der Waals surface area contributed by atoms with Gasteiger partial charge in [-0.15, -0.1) is 0 Å². The number of hydrogen-bond acceptors (Lipinski definition) is 2. The summed E-state index contributed by atoms with van der Waals surface area (Å²) in [6.45, 7) is 3.12.